The minimum atomic E-state index is -0.281. The van der Waals surface area contributed by atoms with E-state index in [9.17, 15) is 4.39 Å². The van der Waals surface area contributed by atoms with E-state index in [4.69, 9.17) is 11.6 Å². The Labute approximate surface area is 143 Å². The van der Waals surface area contributed by atoms with E-state index >= 15 is 0 Å². The molecule has 2 nitrogen and oxygen atoms in total. The number of hydrogen-bond acceptors (Lipinski definition) is 1. The summed E-state index contributed by atoms with van der Waals surface area (Å²) in [5.41, 5.74) is 2.69. The first-order valence-electron chi connectivity index (χ1n) is 6.28. The number of aromatic nitrogens is 2. The first kappa shape index (κ1) is 15.0. The number of fused-ring (bicyclic) bond motifs is 1. The van der Waals surface area contributed by atoms with Crippen molar-refractivity contribution in [3.05, 3.63) is 57.0 Å². The summed E-state index contributed by atoms with van der Waals surface area (Å²) < 4.78 is 17.0. The van der Waals surface area contributed by atoms with E-state index in [0.717, 1.165) is 27.0 Å². The van der Waals surface area contributed by atoms with E-state index in [1.54, 1.807) is 6.07 Å². The van der Waals surface area contributed by atoms with Crippen molar-refractivity contribution >= 4 is 54.5 Å². The molecule has 21 heavy (non-hydrogen) atoms. The summed E-state index contributed by atoms with van der Waals surface area (Å²) in [4.78, 5) is 4.64. The highest BCUT2D eigenvalue weighted by atomic mass is 79.9. The van der Waals surface area contributed by atoms with Crippen LogP contribution in [0.5, 0.6) is 0 Å². The summed E-state index contributed by atoms with van der Waals surface area (Å²) in [5.74, 6) is 1.05. The fraction of sp³-hybridized carbons (Fsp3) is 0.133. The Kier molecular flexibility index (Phi) is 4.33. The van der Waals surface area contributed by atoms with Crippen molar-refractivity contribution in [2.45, 2.75) is 6.42 Å². The van der Waals surface area contributed by atoms with Gasteiger partial charge in [-0.1, -0.05) is 15.9 Å². The van der Waals surface area contributed by atoms with Crippen molar-refractivity contribution in [3.8, 4) is 5.69 Å². The van der Waals surface area contributed by atoms with E-state index in [0.29, 0.717) is 16.8 Å². The minimum Gasteiger partial charge on any atom is -0.295 e. The summed E-state index contributed by atoms with van der Waals surface area (Å²) >= 11 is 12.8. The van der Waals surface area contributed by atoms with Gasteiger partial charge in [-0.2, -0.15) is 0 Å². The Morgan fingerprint density at radius 2 is 1.95 bits per heavy atom. The molecule has 3 aromatic rings. The Balaban J connectivity index is 2.30. The molecule has 0 amide bonds. The number of hydrogen-bond donors (Lipinski definition) is 0. The molecule has 0 saturated carbocycles. The molecule has 0 bridgehead atoms. The lowest BCUT2D eigenvalue weighted by Gasteiger charge is -2.11. The fourth-order valence-corrected chi connectivity index (χ4v) is 3.33. The normalized spacial score (nSPS) is 11.2. The molecule has 0 aliphatic rings. The van der Waals surface area contributed by atoms with Crippen molar-refractivity contribution in [1.82, 2.24) is 9.55 Å². The van der Waals surface area contributed by atoms with Crippen LogP contribution in [0.3, 0.4) is 0 Å². The summed E-state index contributed by atoms with van der Waals surface area (Å²) in [7, 11) is 0. The average molecular weight is 433 g/mol. The predicted molar refractivity (Wildman–Crippen MR) is 90.9 cm³/mol. The van der Waals surface area contributed by atoms with Crippen LogP contribution in [0.2, 0.25) is 0 Å². The van der Waals surface area contributed by atoms with E-state index in [2.05, 4.69) is 36.8 Å². The molecule has 0 aliphatic heterocycles. The SMILES string of the molecule is Fc1ccc(-n2c(CCCl)nc3cc(Br)ccc32)c(Br)c1. The fourth-order valence-electron chi connectivity index (χ4n) is 2.29. The lowest BCUT2D eigenvalue weighted by Crippen LogP contribution is -2.03. The molecule has 1 heterocycles. The van der Waals surface area contributed by atoms with Gasteiger partial charge in [0.05, 0.1) is 16.7 Å². The highest BCUT2D eigenvalue weighted by Gasteiger charge is 2.14. The second-order valence-corrected chi connectivity index (χ2v) is 6.68. The molecule has 0 N–H and O–H groups in total. The number of halogens is 4. The van der Waals surface area contributed by atoms with Crippen LogP contribution in [0.15, 0.2) is 45.3 Å². The van der Waals surface area contributed by atoms with E-state index in [1.807, 2.05) is 22.8 Å². The van der Waals surface area contributed by atoms with Crippen molar-refractivity contribution in [2.75, 3.05) is 5.88 Å². The first-order valence-corrected chi connectivity index (χ1v) is 8.40. The maximum atomic E-state index is 13.3. The topological polar surface area (TPSA) is 17.8 Å². The Morgan fingerprint density at radius 1 is 1.14 bits per heavy atom. The number of nitrogens with zero attached hydrogens (tertiary/aromatic N) is 2. The zero-order chi connectivity index (χ0) is 15.0. The molecule has 0 fully saturated rings. The molecule has 3 rings (SSSR count). The Hall–Kier alpha value is -0.910. The second kappa shape index (κ2) is 6.07. The number of imidazole rings is 1. The van der Waals surface area contributed by atoms with Crippen molar-refractivity contribution in [2.24, 2.45) is 0 Å². The van der Waals surface area contributed by atoms with Gasteiger partial charge in [0.1, 0.15) is 11.6 Å². The smallest absolute Gasteiger partial charge is 0.124 e. The van der Waals surface area contributed by atoms with Gasteiger partial charge in [-0.3, -0.25) is 4.57 Å². The second-order valence-electron chi connectivity index (χ2n) is 4.53. The lowest BCUT2D eigenvalue weighted by molar-refractivity contribution is 0.626. The van der Waals surface area contributed by atoms with Crippen LogP contribution in [0.25, 0.3) is 16.7 Å². The van der Waals surface area contributed by atoms with Crippen LogP contribution in [0.4, 0.5) is 4.39 Å². The Bertz CT molecular complexity index is 817. The molecule has 1 aromatic heterocycles. The highest BCUT2D eigenvalue weighted by Crippen LogP contribution is 2.29. The first-order chi connectivity index (χ1) is 10.1. The standard InChI is InChI=1S/C15H10Br2ClFN2/c16-9-1-3-14-12(7-9)20-15(5-6-18)21(14)13-4-2-10(19)8-11(13)17/h1-4,7-8H,5-6H2. The van der Waals surface area contributed by atoms with Gasteiger partial charge >= 0.3 is 0 Å². The third-order valence-electron chi connectivity index (χ3n) is 3.15. The molecule has 0 spiro atoms. The van der Waals surface area contributed by atoms with Crippen LogP contribution in [-0.4, -0.2) is 15.4 Å². The third-order valence-corrected chi connectivity index (χ3v) is 4.47. The zero-order valence-corrected chi connectivity index (χ0v) is 14.7. The minimum absolute atomic E-state index is 0.281. The summed E-state index contributed by atoms with van der Waals surface area (Å²) in [6.45, 7) is 0. The zero-order valence-electron chi connectivity index (χ0n) is 10.8. The average Bonchev–Trinajstić information content (AvgIpc) is 2.76. The quantitative estimate of drug-likeness (QED) is 0.502. The number of benzene rings is 2. The molecule has 6 heteroatoms. The molecule has 0 aliphatic carbocycles. The number of rotatable bonds is 3. The Morgan fingerprint density at radius 3 is 2.67 bits per heavy atom. The molecule has 0 unspecified atom stereocenters. The van der Waals surface area contributed by atoms with Crippen molar-refractivity contribution in [1.29, 1.82) is 0 Å². The third kappa shape index (κ3) is 2.87. The lowest BCUT2D eigenvalue weighted by atomic mass is 10.2. The summed E-state index contributed by atoms with van der Waals surface area (Å²) in [6.07, 6.45) is 0.637. The molecule has 108 valence electrons. The van der Waals surface area contributed by atoms with Gasteiger partial charge in [-0.05, 0) is 52.3 Å². The maximum Gasteiger partial charge on any atom is 0.124 e. The molecule has 0 atom stereocenters. The van der Waals surface area contributed by atoms with Gasteiger partial charge < -0.3 is 0 Å². The van der Waals surface area contributed by atoms with Gasteiger partial charge in [0, 0.05) is 21.2 Å². The molecular weight excluding hydrogens is 422 g/mol. The van der Waals surface area contributed by atoms with E-state index in [1.165, 1.54) is 12.1 Å². The largest absolute Gasteiger partial charge is 0.295 e. The van der Waals surface area contributed by atoms with Crippen LogP contribution in [-0.2, 0) is 6.42 Å². The summed E-state index contributed by atoms with van der Waals surface area (Å²) in [6, 6.07) is 10.5. The van der Waals surface area contributed by atoms with Gasteiger partial charge in [0.25, 0.3) is 0 Å². The maximum absolute atomic E-state index is 13.3. The van der Waals surface area contributed by atoms with Crippen LogP contribution in [0, 0.1) is 5.82 Å². The monoisotopic (exact) mass is 430 g/mol. The van der Waals surface area contributed by atoms with E-state index in [-0.39, 0.29) is 5.82 Å². The van der Waals surface area contributed by atoms with Crippen LogP contribution in [0.1, 0.15) is 5.82 Å². The van der Waals surface area contributed by atoms with Crippen LogP contribution >= 0.6 is 43.5 Å². The van der Waals surface area contributed by atoms with Gasteiger partial charge in [0.2, 0.25) is 0 Å². The van der Waals surface area contributed by atoms with Crippen molar-refractivity contribution in [3.63, 3.8) is 0 Å². The molecule has 2 aromatic carbocycles. The molecule has 0 saturated heterocycles. The number of alkyl halides is 1. The summed E-state index contributed by atoms with van der Waals surface area (Å²) in [5, 5.41) is 0. The van der Waals surface area contributed by atoms with Crippen LogP contribution < -0.4 is 0 Å². The molecular formula is C15H10Br2ClFN2. The molecule has 0 radical (unpaired) electrons. The van der Waals surface area contributed by atoms with E-state index < -0.39 is 0 Å². The van der Waals surface area contributed by atoms with Crippen molar-refractivity contribution < 1.29 is 4.39 Å². The van der Waals surface area contributed by atoms with Gasteiger partial charge in [-0.15, -0.1) is 11.6 Å². The highest BCUT2D eigenvalue weighted by molar-refractivity contribution is 9.10. The van der Waals surface area contributed by atoms with Gasteiger partial charge in [0.15, 0.2) is 0 Å². The predicted octanol–water partition coefficient (Wildman–Crippen LogP) is 5.47. The number of aryl methyl sites for hydroxylation is 1. The van der Waals surface area contributed by atoms with Gasteiger partial charge in [-0.25, -0.2) is 9.37 Å².